The van der Waals surface area contributed by atoms with Gasteiger partial charge in [0.2, 0.25) is 0 Å². The van der Waals surface area contributed by atoms with Crippen molar-refractivity contribution < 1.29 is 17.6 Å². The summed E-state index contributed by atoms with van der Waals surface area (Å²) in [6, 6.07) is 4.17. The first-order valence-corrected chi connectivity index (χ1v) is 5.70. The van der Waals surface area contributed by atoms with Gasteiger partial charge in [0.25, 0.3) is 0 Å². The van der Waals surface area contributed by atoms with Crippen LogP contribution in [0.4, 0.5) is 17.6 Å². The van der Waals surface area contributed by atoms with Gasteiger partial charge in [0.05, 0.1) is 0 Å². The van der Waals surface area contributed by atoms with Crippen molar-refractivity contribution in [2.24, 2.45) is 0 Å². The second kappa shape index (κ2) is 3.54. The van der Waals surface area contributed by atoms with Gasteiger partial charge in [-0.25, -0.2) is 0 Å². The minimum absolute atomic E-state index is 0.00287. The first kappa shape index (κ1) is 10.5. The first-order chi connectivity index (χ1) is 6.97. The zero-order chi connectivity index (χ0) is 11.1. The van der Waals surface area contributed by atoms with Crippen molar-refractivity contribution >= 4 is 30.3 Å². The molecule has 1 heterocycles. The van der Waals surface area contributed by atoms with Crippen LogP contribution in [0, 0.1) is 5.82 Å². The van der Waals surface area contributed by atoms with Crippen LogP contribution < -0.4 is 4.46 Å². The van der Waals surface area contributed by atoms with E-state index in [1.807, 2.05) is 0 Å². The summed E-state index contributed by atoms with van der Waals surface area (Å²) in [7, 11) is 0. The molecule has 80 valence electrons. The fourth-order valence-electron chi connectivity index (χ4n) is 1.32. The summed E-state index contributed by atoms with van der Waals surface area (Å²) in [5, 5.41) is -4.21. The summed E-state index contributed by atoms with van der Waals surface area (Å²) >= 11 is -1.71. The number of benzene rings is 1. The Morgan fingerprint density at radius 2 is 1.93 bits per heavy atom. The van der Waals surface area contributed by atoms with Crippen molar-refractivity contribution in [3.05, 3.63) is 30.2 Å². The quantitative estimate of drug-likeness (QED) is 0.609. The van der Waals surface area contributed by atoms with Gasteiger partial charge in [0.15, 0.2) is 0 Å². The number of rotatable bonds is 1. The summed E-state index contributed by atoms with van der Waals surface area (Å²) in [5.74, 6) is -0.616. The molecule has 6 heteroatoms. The van der Waals surface area contributed by atoms with E-state index in [2.05, 4.69) is 4.98 Å². The molecule has 15 heavy (non-hydrogen) atoms. The standard InChI is InChI=1S/C9H5F4NSe/c10-5-2-1-3-6-8(5)7(4-14-6)15-9(11,12)13/h1-4,14H. The van der Waals surface area contributed by atoms with Crippen LogP contribution in [0.1, 0.15) is 0 Å². The van der Waals surface area contributed by atoms with Gasteiger partial charge in [0, 0.05) is 0 Å². The molecular formula is C9H5F4NSe. The predicted molar refractivity (Wildman–Crippen MR) is 49.7 cm³/mol. The zero-order valence-corrected chi connectivity index (χ0v) is 8.94. The molecule has 0 aliphatic heterocycles. The van der Waals surface area contributed by atoms with Crippen LogP contribution in [0.25, 0.3) is 10.9 Å². The number of nitrogens with one attached hydrogen (secondary N) is 1. The van der Waals surface area contributed by atoms with Crippen molar-refractivity contribution in [3.63, 3.8) is 0 Å². The van der Waals surface area contributed by atoms with Gasteiger partial charge in [0.1, 0.15) is 0 Å². The van der Waals surface area contributed by atoms with Crippen LogP contribution in [0.3, 0.4) is 0 Å². The summed E-state index contributed by atoms with van der Waals surface area (Å²) in [4.78, 5) is 2.63. The molecule has 0 unspecified atom stereocenters. The molecule has 2 rings (SSSR count). The number of hydrogen-bond acceptors (Lipinski definition) is 0. The molecule has 0 fully saturated rings. The number of halogens is 4. The van der Waals surface area contributed by atoms with E-state index in [0.29, 0.717) is 5.52 Å². The summed E-state index contributed by atoms with van der Waals surface area (Å²) in [6.07, 6.45) is 1.22. The van der Waals surface area contributed by atoms with Gasteiger partial charge in [-0.1, -0.05) is 0 Å². The van der Waals surface area contributed by atoms with Gasteiger partial charge in [-0.15, -0.1) is 0 Å². The van der Waals surface area contributed by atoms with E-state index in [1.54, 1.807) is 6.07 Å². The van der Waals surface area contributed by atoms with Gasteiger partial charge >= 0.3 is 88.2 Å². The molecule has 0 saturated heterocycles. The number of hydrogen-bond donors (Lipinski definition) is 1. The molecule has 0 aliphatic rings. The topological polar surface area (TPSA) is 15.8 Å². The Balaban J connectivity index is 2.53. The molecule has 0 amide bonds. The van der Waals surface area contributed by atoms with Crippen molar-refractivity contribution in [3.8, 4) is 0 Å². The molecule has 1 aromatic carbocycles. The maximum atomic E-state index is 13.3. The Hall–Kier alpha value is -1.00. The summed E-state index contributed by atoms with van der Waals surface area (Å²) in [6.45, 7) is 0. The molecule has 0 saturated carbocycles. The SMILES string of the molecule is Fc1cccc2[nH]cc([Se]C(F)(F)F)c12. The third-order valence-electron chi connectivity index (χ3n) is 1.84. The van der Waals surface area contributed by atoms with Crippen LogP contribution in [-0.4, -0.2) is 25.0 Å². The third-order valence-corrected chi connectivity index (χ3v) is 3.47. The van der Waals surface area contributed by atoms with E-state index in [0.717, 1.165) is 6.07 Å². The van der Waals surface area contributed by atoms with Gasteiger partial charge < -0.3 is 0 Å². The average Bonchev–Trinajstić information content (AvgIpc) is 2.47. The fourth-order valence-corrected chi connectivity index (χ4v) is 2.74. The zero-order valence-electron chi connectivity index (χ0n) is 7.23. The van der Waals surface area contributed by atoms with Crippen molar-refractivity contribution in [1.29, 1.82) is 0 Å². The van der Waals surface area contributed by atoms with Crippen LogP contribution in [0.2, 0.25) is 0 Å². The molecule has 0 bridgehead atoms. The average molecular weight is 282 g/mol. The molecule has 1 nitrogen and oxygen atoms in total. The molecular weight excluding hydrogens is 277 g/mol. The Morgan fingerprint density at radius 3 is 2.60 bits per heavy atom. The third kappa shape index (κ3) is 2.16. The van der Waals surface area contributed by atoms with E-state index < -0.39 is 25.8 Å². The number of H-pyrrole nitrogens is 1. The van der Waals surface area contributed by atoms with E-state index in [9.17, 15) is 17.6 Å². The summed E-state index contributed by atoms with van der Waals surface area (Å²) < 4.78 is 49.8. The predicted octanol–water partition coefficient (Wildman–Crippen LogP) is 2.16. The molecule has 1 aromatic heterocycles. The van der Waals surface area contributed by atoms with Gasteiger partial charge in [-0.05, 0) is 0 Å². The molecule has 1 N–H and O–H groups in total. The molecule has 0 aliphatic carbocycles. The second-order valence-corrected chi connectivity index (χ2v) is 5.19. The van der Waals surface area contributed by atoms with E-state index >= 15 is 0 Å². The first-order valence-electron chi connectivity index (χ1n) is 3.99. The number of alkyl halides is 3. The Labute approximate surface area is 88.6 Å². The maximum absolute atomic E-state index is 13.3. The van der Waals surface area contributed by atoms with Crippen LogP contribution in [0.15, 0.2) is 24.4 Å². The van der Waals surface area contributed by atoms with Crippen molar-refractivity contribution in [1.82, 2.24) is 4.98 Å². The van der Waals surface area contributed by atoms with Crippen LogP contribution >= 0.6 is 0 Å². The van der Waals surface area contributed by atoms with Gasteiger partial charge in [-0.2, -0.15) is 0 Å². The molecule has 0 radical (unpaired) electrons. The molecule has 0 atom stereocenters. The minimum atomic E-state index is -4.26. The molecule has 2 aromatic rings. The fraction of sp³-hybridized carbons (Fsp3) is 0.111. The van der Waals surface area contributed by atoms with Crippen molar-refractivity contribution in [2.45, 2.75) is 5.07 Å². The van der Waals surface area contributed by atoms with E-state index in [4.69, 9.17) is 0 Å². The normalized spacial score (nSPS) is 12.3. The van der Waals surface area contributed by atoms with Crippen molar-refractivity contribution in [2.75, 3.05) is 0 Å². The van der Waals surface area contributed by atoms with Crippen LogP contribution in [-0.2, 0) is 0 Å². The monoisotopic (exact) mass is 283 g/mol. The molecule has 0 spiro atoms. The van der Waals surface area contributed by atoms with E-state index in [1.165, 1.54) is 12.3 Å². The Morgan fingerprint density at radius 1 is 1.20 bits per heavy atom. The second-order valence-electron chi connectivity index (χ2n) is 2.86. The summed E-state index contributed by atoms with van der Waals surface area (Å²) in [5.41, 5.74) is 0.399. The van der Waals surface area contributed by atoms with Gasteiger partial charge in [-0.3, -0.25) is 0 Å². The van der Waals surface area contributed by atoms with Crippen LogP contribution in [0.5, 0.6) is 0 Å². The number of fused-ring (bicyclic) bond motifs is 1. The van der Waals surface area contributed by atoms with E-state index in [-0.39, 0.29) is 9.85 Å². The Bertz CT molecular complexity index is 488. The number of aromatic nitrogens is 1. The number of aromatic amines is 1. The Kier molecular flexibility index (Phi) is 2.48.